The third-order valence-electron chi connectivity index (χ3n) is 6.26. The first-order valence-corrected chi connectivity index (χ1v) is 12.0. The van der Waals surface area contributed by atoms with Crippen LogP contribution in [0, 0.1) is 11.6 Å². The Balaban J connectivity index is 1.44. The van der Waals surface area contributed by atoms with Crippen molar-refractivity contribution in [1.82, 2.24) is 25.0 Å². The van der Waals surface area contributed by atoms with Crippen molar-refractivity contribution in [3.63, 3.8) is 0 Å². The van der Waals surface area contributed by atoms with Gasteiger partial charge in [-0.15, -0.1) is 5.10 Å². The second kappa shape index (κ2) is 9.30. The molecule has 34 heavy (non-hydrogen) atoms. The van der Waals surface area contributed by atoms with Gasteiger partial charge in [0.15, 0.2) is 33.8 Å². The number of aliphatic hydroxyl groups is 4. The number of nitrogens with zero attached hydrogens (tertiary/aromatic N) is 5. The van der Waals surface area contributed by atoms with Crippen LogP contribution in [0.25, 0.3) is 11.2 Å². The minimum absolute atomic E-state index is 0.0254. The topological polar surface area (TPSA) is 149 Å². The van der Waals surface area contributed by atoms with Crippen LogP contribution in [-0.2, 0) is 0 Å². The fraction of sp³-hybridized carbons (Fsp3) is 0.524. The summed E-state index contributed by atoms with van der Waals surface area (Å²) in [7, 11) is 0. The number of halogens is 2. The summed E-state index contributed by atoms with van der Waals surface area (Å²) >= 11 is 1.34. The molecular weight excluding hydrogens is 470 g/mol. The molecule has 5 rings (SSSR count). The summed E-state index contributed by atoms with van der Waals surface area (Å²) in [5, 5.41) is 51.4. The highest BCUT2D eigenvalue weighted by molar-refractivity contribution is 7.99. The van der Waals surface area contributed by atoms with Gasteiger partial charge in [0.1, 0.15) is 12.2 Å². The number of anilines is 1. The molecule has 1 aromatic carbocycles. The predicted octanol–water partition coefficient (Wildman–Crippen LogP) is 0.969. The molecule has 0 radical (unpaired) electrons. The highest BCUT2D eigenvalue weighted by atomic mass is 32.2. The smallest absolute Gasteiger partial charge is 0.191 e. The van der Waals surface area contributed by atoms with Crippen molar-refractivity contribution in [3.05, 3.63) is 35.4 Å². The van der Waals surface area contributed by atoms with Crippen LogP contribution in [0.15, 0.2) is 23.4 Å². The molecule has 13 heteroatoms. The van der Waals surface area contributed by atoms with Crippen LogP contribution >= 0.6 is 11.8 Å². The molecule has 10 nitrogen and oxygen atoms in total. The van der Waals surface area contributed by atoms with Crippen molar-refractivity contribution in [3.8, 4) is 0 Å². The third kappa shape index (κ3) is 4.33. The van der Waals surface area contributed by atoms with Crippen molar-refractivity contribution in [2.24, 2.45) is 0 Å². The molecule has 0 aliphatic heterocycles. The number of nitrogens with one attached hydrogen (secondary N) is 1. The summed E-state index contributed by atoms with van der Waals surface area (Å²) in [6.07, 6.45) is -2.31. The fourth-order valence-corrected chi connectivity index (χ4v) is 5.06. The molecule has 0 bridgehead atoms. The normalized spacial score (nSPS) is 28.5. The molecule has 2 aliphatic carbocycles. The maximum absolute atomic E-state index is 13.7. The summed E-state index contributed by atoms with van der Waals surface area (Å²) in [6, 6.07) is 3.07. The number of aromatic nitrogens is 5. The molecule has 0 amide bonds. The zero-order valence-electron chi connectivity index (χ0n) is 17.9. The maximum atomic E-state index is 13.7. The number of rotatable bonds is 8. The second-order valence-corrected chi connectivity index (χ2v) is 9.67. The average molecular weight is 495 g/mol. The lowest BCUT2D eigenvalue weighted by atomic mass is 10.1. The van der Waals surface area contributed by atoms with Gasteiger partial charge in [0.2, 0.25) is 0 Å². The van der Waals surface area contributed by atoms with Crippen LogP contribution in [0.1, 0.15) is 36.8 Å². The van der Waals surface area contributed by atoms with E-state index in [2.05, 4.69) is 25.6 Å². The summed E-state index contributed by atoms with van der Waals surface area (Å²) in [4.78, 5) is 9.07. The largest absolute Gasteiger partial charge is 0.396 e. The van der Waals surface area contributed by atoms with Gasteiger partial charge >= 0.3 is 0 Å². The number of benzene rings is 1. The number of aliphatic hydroxyl groups excluding tert-OH is 4. The van der Waals surface area contributed by atoms with E-state index in [1.165, 1.54) is 22.5 Å². The molecule has 3 aromatic rings. The first-order valence-electron chi connectivity index (χ1n) is 11.0. The number of fused-ring (bicyclic) bond motifs is 1. The van der Waals surface area contributed by atoms with E-state index in [0.717, 1.165) is 6.07 Å². The molecule has 0 spiro atoms. The van der Waals surface area contributed by atoms with Crippen molar-refractivity contribution < 1.29 is 29.2 Å². The Labute approximate surface area is 197 Å². The molecule has 2 fully saturated rings. The van der Waals surface area contributed by atoms with E-state index < -0.39 is 36.0 Å². The third-order valence-corrected chi connectivity index (χ3v) is 7.19. The number of hydrogen-bond acceptors (Lipinski definition) is 10. The standard InChI is InChI=1S/C21H24F2N6O4S/c22-11-3-2-9(6-12(11)23)10-7-13(10)24-19-16-20(26-21(25-19)34-5-1-4-30)29(28-27-16)14-8-15(31)18(33)17(14)32/h2-3,6,10,13-15,17-18,30-33H,1,4-5,7-8H2,(H,24,25,26)/t10-,13+,14+,15-,17-,18+/m0/s1. The van der Waals surface area contributed by atoms with E-state index in [1.807, 2.05) is 0 Å². The Kier molecular flexibility index (Phi) is 6.37. The van der Waals surface area contributed by atoms with Crippen molar-refractivity contribution in [1.29, 1.82) is 0 Å². The quantitative estimate of drug-likeness (QED) is 0.174. The average Bonchev–Trinajstić information content (AvgIpc) is 3.38. The molecule has 182 valence electrons. The van der Waals surface area contributed by atoms with E-state index in [9.17, 15) is 24.1 Å². The molecule has 2 saturated carbocycles. The van der Waals surface area contributed by atoms with Crippen LogP contribution in [0.4, 0.5) is 14.6 Å². The molecule has 0 saturated heterocycles. The zero-order chi connectivity index (χ0) is 24.0. The SMILES string of the molecule is OCCCSc1nc(N[C@@H]2C[C@H]2c2ccc(F)c(F)c2)c2nnn([C@@H]3C[C@H](O)[C@@H](O)[C@H]3O)c2n1. The summed E-state index contributed by atoms with van der Waals surface area (Å²) < 4.78 is 28.3. The van der Waals surface area contributed by atoms with E-state index >= 15 is 0 Å². The Morgan fingerprint density at radius 3 is 2.62 bits per heavy atom. The van der Waals surface area contributed by atoms with Gasteiger partial charge in [-0.2, -0.15) is 0 Å². The van der Waals surface area contributed by atoms with Gasteiger partial charge in [-0.3, -0.25) is 0 Å². The molecule has 2 heterocycles. The summed E-state index contributed by atoms with van der Waals surface area (Å²) in [5.74, 6) is -0.823. The predicted molar refractivity (Wildman–Crippen MR) is 118 cm³/mol. The Morgan fingerprint density at radius 1 is 1.09 bits per heavy atom. The van der Waals surface area contributed by atoms with Crippen molar-refractivity contribution in [2.45, 2.75) is 60.7 Å². The van der Waals surface area contributed by atoms with Gasteiger partial charge < -0.3 is 25.7 Å². The molecule has 0 unspecified atom stereocenters. The van der Waals surface area contributed by atoms with Gasteiger partial charge in [0.05, 0.1) is 12.1 Å². The minimum atomic E-state index is -1.30. The van der Waals surface area contributed by atoms with Crippen molar-refractivity contribution in [2.75, 3.05) is 17.7 Å². The van der Waals surface area contributed by atoms with Gasteiger partial charge in [-0.25, -0.2) is 23.4 Å². The van der Waals surface area contributed by atoms with Crippen LogP contribution in [0.5, 0.6) is 0 Å². The van der Waals surface area contributed by atoms with E-state index in [1.54, 1.807) is 6.07 Å². The van der Waals surface area contributed by atoms with Crippen LogP contribution in [0.3, 0.4) is 0 Å². The van der Waals surface area contributed by atoms with Crippen LogP contribution < -0.4 is 5.32 Å². The number of thioether (sulfide) groups is 1. The molecule has 2 aromatic heterocycles. The first kappa shape index (κ1) is 23.3. The van der Waals surface area contributed by atoms with Gasteiger partial charge in [-0.05, 0) is 30.5 Å². The molecule has 5 N–H and O–H groups in total. The number of hydrogen-bond donors (Lipinski definition) is 5. The van der Waals surface area contributed by atoms with E-state index in [4.69, 9.17) is 5.11 Å². The van der Waals surface area contributed by atoms with Crippen LogP contribution in [-0.4, -0.2) is 82.1 Å². The summed E-state index contributed by atoms with van der Waals surface area (Å²) in [6.45, 7) is 0.0296. The van der Waals surface area contributed by atoms with Crippen LogP contribution in [0.2, 0.25) is 0 Å². The lowest BCUT2D eigenvalue weighted by Crippen LogP contribution is -2.31. The Hall–Kier alpha value is -2.45. The van der Waals surface area contributed by atoms with E-state index in [0.29, 0.717) is 46.3 Å². The minimum Gasteiger partial charge on any atom is -0.396 e. The highest BCUT2D eigenvalue weighted by Gasteiger charge is 2.44. The Morgan fingerprint density at radius 2 is 1.91 bits per heavy atom. The zero-order valence-corrected chi connectivity index (χ0v) is 18.7. The van der Waals surface area contributed by atoms with Gasteiger partial charge in [0, 0.05) is 30.7 Å². The molecular formula is C21H24F2N6O4S. The highest BCUT2D eigenvalue weighted by Crippen LogP contribution is 2.44. The lowest BCUT2D eigenvalue weighted by molar-refractivity contribution is -0.0253. The Bertz CT molecular complexity index is 1200. The molecule has 2 aliphatic rings. The first-order chi connectivity index (χ1) is 16.4. The maximum Gasteiger partial charge on any atom is 0.191 e. The second-order valence-electron chi connectivity index (χ2n) is 8.60. The molecule has 6 atom stereocenters. The fourth-order valence-electron chi connectivity index (χ4n) is 4.29. The van der Waals surface area contributed by atoms with E-state index in [-0.39, 0.29) is 25.0 Å². The van der Waals surface area contributed by atoms with Gasteiger partial charge in [-0.1, -0.05) is 23.0 Å². The van der Waals surface area contributed by atoms with Gasteiger partial charge in [0.25, 0.3) is 0 Å². The van der Waals surface area contributed by atoms with Crippen molar-refractivity contribution >= 4 is 28.7 Å². The summed E-state index contributed by atoms with van der Waals surface area (Å²) in [5.41, 5.74) is 1.37. The lowest BCUT2D eigenvalue weighted by Gasteiger charge is -2.16. The monoisotopic (exact) mass is 494 g/mol.